The van der Waals surface area contributed by atoms with Gasteiger partial charge in [0.25, 0.3) is 10.0 Å². The first-order chi connectivity index (χ1) is 13.4. The Hall–Kier alpha value is -2.10. The molecule has 0 bridgehead atoms. The van der Waals surface area contributed by atoms with E-state index in [1.165, 1.54) is 42.1 Å². The van der Waals surface area contributed by atoms with Crippen molar-refractivity contribution in [2.75, 3.05) is 37.4 Å². The van der Waals surface area contributed by atoms with Gasteiger partial charge in [0.15, 0.2) is 0 Å². The van der Waals surface area contributed by atoms with E-state index < -0.39 is 28.3 Å². The molecule has 6 nitrogen and oxygen atoms in total. The van der Waals surface area contributed by atoms with Gasteiger partial charge in [0, 0.05) is 25.2 Å². The number of halogens is 1. The molecular formula is C19H23FN2O4S2. The van der Waals surface area contributed by atoms with Gasteiger partial charge >= 0.3 is 0 Å². The Morgan fingerprint density at radius 1 is 1.21 bits per heavy atom. The van der Waals surface area contributed by atoms with Crippen LogP contribution in [0.5, 0.6) is 0 Å². The fraction of sp³-hybridized carbons (Fsp3) is 0.316. The van der Waals surface area contributed by atoms with Gasteiger partial charge in [-0.3, -0.25) is 9.10 Å². The highest BCUT2D eigenvalue weighted by atomic mass is 32.2. The second-order valence-electron chi connectivity index (χ2n) is 5.86. The number of hydrogen-bond acceptors (Lipinski definition) is 5. The molecule has 2 rings (SSSR count). The molecule has 1 amide bonds. The Balaban J connectivity index is 2.30. The van der Waals surface area contributed by atoms with Crippen LogP contribution in [-0.2, 0) is 19.6 Å². The van der Waals surface area contributed by atoms with Crippen LogP contribution >= 0.6 is 11.8 Å². The minimum Gasteiger partial charge on any atom is -0.385 e. The molecule has 0 aromatic heterocycles. The monoisotopic (exact) mass is 426 g/mol. The minimum atomic E-state index is -4.05. The maximum absolute atomic E-state index is 13.7. The lowest BCUT2D eigenvalue weighted by molar-refractivity contribution is -0.119. The zero-order valence-electron chi connectivity index (χ0n) is 15.7. The lowest BCUT2D eigenvalue weighted by Gasteiger charge is -2.24. The summed E-state index contributed by atoms with van der Waals surface area (Å²) in [6, 6.07) is 11.5. The van der Waals surface area contributed by atoms with Crippen LogP contribution in [0.3, 0.4) is 0 Å². The number of ether oxygens (including phenoxy) is 1. The maximum atomic E-state index is 13.7. The molecule has 0 saturated carbocycles. The second-order valence-corrected chi connectivity index (χ2v) is 8.61. The molecule has 0 aliphatic heterocycles. The number of rotatable bonds is 10. The number of nitrogens with zero attached hydrogens (tertiary/aromatic N) is 1. The van der Waals surface area contributed by atoms with Crippen LogP contribution < -0.4 is 9.62 Å². The SMILES string of the molecule is COCCCNC(=O)CN(c1cccc(F)c1)S(=O)(=O)c1ccc(SC)cc1. The van der Waals surface area contributed by atoms with Gasteiger partial charge in [-0.15, -0.1) is 11.8 Å². The van der Waals surface area contributed by atoms with Crippen LogP contribution in [0.15, 0.2) is 58.3 Å². The smallest absolute Gasteiger partial charge is 0.264 e. The molecule has 0 aliphatic rings. The zero-order chi connectivity index (χ0) is 20.6. The molecule has 9 heteroatoms. The van der Waals surface area contributed by atoms with Crippen molar-refractivity contribution in [3.05, 3.63) is 54.3 Å². The van der Waals surface area contributed by atoms with Crippen LogP contribution in [0, 0.1) is 5.82 Å². The van der Waals surface area contributed by atoms with Crippen molar-refractivity contribution >= 4 is 33.4 Å². The van der Waals surface area contributed by atoms with E-state index >= 15 is 0 Å². The largest absolute Gasteiger partial charge is 0.385 e. The van der Waals surface area contributed by atoms with Gasteiger partial charge in [0.1, 0.15) is 12.4 Å². The lowest BCUT2D eigenvalue weighted by atomic mass is 10.3. The number of hydrogen-bond donors (Lipinski definition) is 1. The molecule has 0 radical (unpaired) electrons. The van der Waals surface area contributed by atoms with Crippen molar-refractivity contribution in [3.63, 3.8) is 0 Å². The Labute approximate surface area is 169 Å². The number of carbonyl (C=O) groups is 1. The normalized spacial score (nSPS) is 11.2. The van der Waals surface area contributed by atoms with E-state index in [4.69, 9.17) is 4.74 Å². The molecule has 28 heavy (non-hydrogen) atoms. The van der Waals surface area contributed by atoms with Gasteiger partial charge in [0.05, 0.1) is 10.6 Å². The number of carbonyl (C=O) groups excluding carboxylic acids is 1. The summed E-state index contributed by atoms with van der Waals surface area (Å²) < 4.78 is 45.8. The first-order valence-corrected chi connectivity index (χ1v) is 11.2. The molecule has 0 fully saturated rings. The van der Waals surface area contributed by atoms with Crippen molar-refractivity contribution in [3.8, 4) is 0 Å². The number of thioether (sulfide) groups is 1. The van der Waals surface area contributed by atoms with E-state index in [-0.39, 0.29) is 10.6 Å². The summed E-state index contributed by atoms with van der Waals surface area (Å²) in [6.45, 7) is 0.378. The Morgan fingerprint density at radius 3 is 2.54 bits per heavy atom. The predicted molar refractivity (Wildman–Crippen MR) is 109 cm³/mol. The molecule has 0 saturated heterocycles. The second kappa shape index (κ2) is 10.4. The van der Waals surface area contributed by atoms with E-state index in [1.807, 2.05) is 6.26 Å². The molecule has 152 valence electrons. The summed E-state index contributed by atoms with van der Waals surface area (Å²) in [5.74, 6) is -1.07. The third kappa shape index (κ3) is 5.95. The molecule has 0 atom stereocenters. The highest BCUT2D eigenvalue weighted by Gasteiger charge is 2.27. The minimum absolute atomic E-state index is 0.0294. The molecule has 0 unspecified atom stereocenters. The maximum Gasteiger partial charge on any atom is 0.264 e. The number of sulfonamides is 1. The van der Waals surface area contributed by atoms with Crippen LogP contribution in [0.25, 0.3) is 0 Å². The van der Waals surface area contributed by atoms with E-state index in [2.05, 4.69) is 5.32 Å². The van der Waals surface area contributed by atoms with Gasteiger partial charge in [0.2, 0.25) is 5.91 Å². The molecule has 0 aliphatic carbocycles. The average molecular weight is 427 g/mol. The average Bonchev–Trinajstić information content (AvgIpc) is 2.69. The van der Waals surface area contributed by atoms with Gasteiger partial charge in [-0.1, -0.05) is 6.07 Å². The van der Waals surface area contributed by atoms with E-state index in [0.717, 1.165) is 15.3 Å². The summed E-state index contributed by atoms with van der Waals surface area (Å²) in [7, 11) is -2.50. The number of methoxy groups -OCH3 is 1. The summed E-state index contributed by atoms with van der Waals surface area (Å²) in [5, 5.41) is 2.65. The first kappa shape index (κ1) is 22.2. The fourth-order valence-corrected chi connectivity index (χ4v) is 4.27. The summed E-state index contributed by atoms with van der Waals surface area (Å²) in [4.78, 5) is 13.2. The van der Waals surface area contributed by atoms with Crippen LogP contribution in [-0.4, -0.2) is 47.4 Å². The van der Waals surface area contributed by atoms with Crippen molar-refractivity contribution in [1.29, 1.82) is 0 Å². The zero-order valence-corrected chi connectivity index (χ0v) is 17.4. The van der Waals surface area contributed by atoms with E-state index in [1.54, 1.807) is 19.2 Å². The molecule has 0 heterocycles. The summed E-state index contributed by atoms with van der Waals surface area (Å²) in [6.07, 6.45) is 2.49. The molecule has 1 N–H and O–H groups in total. The van der Waals surface area contributed by atoms with Crippen LogP contribution in [0.4, 0.5) is 10.1 Å². The Bertz CT molecular complexity index is 889. The molecular weight excluding hydrogens is 403 g/mol. The van der Waals surface area contributed by atoms with Crippen molar-refractivity contribution < 1.29 is 22.3 Å². The van der Waals surface area contributed by atoms with Crippen LogP contribution in [0.1, 0.15) is 6.42 Å². The van der Waals surface area contributed by atoms with Crippen molar-refractivity contribution in [1.82, 2.24) is 5.32 Å². The van der Waals surface area contributed by atoms with E-state index in [0.29, 0.717) is 19.6 Å². The number of amides is 1. The van der Waals surface area contributed by atoms with Gasteiger partial charge in [-0.05, 0) is 55.1 Å². The summed E-state index contributed by atoms with van der Waals surface area (Å²) >= 11 is 1.49. The van der Waals surface area contributed by atoms with Gasteiger partial charge in [-0.25, -0.2) is 12.8 Å². The highest BCUT2D eigenvalue weighted by molar-refractivity contribution is 7.98. The molecule has 0 spiro atoms. The predicted octanol–water partition coefficient (Wildman–Crippen LogP) is 2.90. The van der Waals surface area contributed by atoms with Crippen molar-refractivity contribution in [2.45, 2.75) is 16.2 Å². The lowest BCUT2D eigenvalue weighted by Crippen LogP contribution is -2.41. The third-order valence-electron chi connectivity index (χ3n) is 3.88. The number of nitrogens with one attached hydrogen (secondary N) is 1. The standard InChI is InChI=1S/C19H23FN2O4S2/c1-26-12-4-11-21-19(23)14-22(16-6-3-5-15(20)13-16)28(24,25)18-9-7-17(27-2)8-10-18/h3,5-10,13H,4,11-12,14H2,1-2H3,(H,21,23). The Kier molecular flexibility index (Phi) is 8.28. The first-order valence-electron chi connectivity index (χ1n) is 8.56. The Morgan fingerprint density at radius 2 is 1.93 bits per heavy atom. The van der Waals surface area contributed by atoms with Gasteiger partial charge < -0.3 is 10.1 Å². The quantitative estimate of drug-likeness (QED) is 0.467. The van der Waals surface area contributed by atoms with Gasteiger partial charge in [-0.2, -0.15) is 0 Å². The molecule has 2 aromatic rings. The number of benzene rings is 2. The van der Waals surface area contributed by atoms with Crippen LogP contribution in [0.2, 0.25) is 0 Å². The fourth-order valence-electron chi connectivity index (χ4n) is 2.45. The van der Waals surface area contributed by atoms with Crippen molar-refractivity contribution in [2.24, 2.45) is 0 Å². The number of anilines is 1. The summed E-state index contributed by atoms with van der Waals surface area (Å²) in [5.41, 5.74) is 0.0842. The van der Waals surface area contributed by atoms with E-state index in [9.17, 15) is 17.6 Å². The topological polar surface area (TPSA) is 75.7 Å². The molecule has 2 aromatic carbocycles. The highest BCUT2D eigenvalue weighted by Crippen LogP contribution is 2.25. The third-order valence-corrected chi connectivity index (χ3v) is 6.41.